The fourth-order valence-electron chi connectivity index (χ4n) is 3.08. The quantitative estimate of drug-likeness (QED) is 0.398. The highest BCUT2D eigenvalue weighted by Crippen LogP contribution is 2.26. The Morgan fingerprint density at radius 2 is 1.76 bits per heavy atom. The molecule has 3 rings (SSSR count). The van der Waals surface area contributed by atoms with Gasteiger partial charge in [0.2, 0.25) is 0 Å². The molecule has 3 heteroatoms. The third kappa shape index (κ3) is 3.94. The van der Waals surface area contributed by atoms with Crippen LogP contribution in [-0.4, -0.2) is 15.9 Å². The van der Waals surface area contributed by atoms with Crippen LogP contribution in [-0.2, 0) is 6.42 Å². The second-order valence-corrected chi connectivity index (χ2v) is 6.20. The highest BCUT2D eigenvalue weighted by atomic mass is 16.4. The van der Waals surface area contributed by atoms with E-state index in [1.54, 1.807) is 0 Å². The fourth-order valence-corrected chi connectivity index (χ4v) is 3.08. The van der Waals surface area contributed by atoms with Crippen molar-refractivity contribution >= 4 is 5.71 Å². The molecule has 0 aliphatic rings. The number of oxime groups is 1. The van der Waals surface area contributed by atoms with E-state index < -0.39 is 0 Å². The lowest BCUT2D eigenvalue weighted by Crippen LogP contribution is -2.06. The van der Waals surface area contributed by atoms with E-state index in [0.29, 0.717) is 12.1 Å². The predicted octanol–water partition coefficient (Wildman–Crippen LogP) is 5.18. The van der Waals surface area contributed by atoms with Crippen molar-refractivity contribution in [3.8, 4) is 11.1 Å². The molecular weight excluding hydrogens is 308 g/mol. The Labute approximate surface area is 148 Å². The van der Waals surface area contributed by atoms with Crippen LogP contribution in [0.4, 0.5) is 0 Å². The summed E-state index contributed by atoms with van der Waals surface area (Å²) in [6, 6.07) is 20.4. The molecule has 1 N–H and O–H groups in total. The topological polar surface area (TPSA) is 45.5 Å². The van der Waals surface area contributed by atoms with Crippen molar-refractivity contribution < 1.29 is 5.21 Å². The standard InChI is InChI=1S/C22H22N2O/c1-16-7-3-4-8-18(16)11-12-22(24-25)21-10-6-5-9-20(21)19-13-14-23-17(2)15-19/h3-10,13-15,25H,11-12H2,1-2H3/b24-22+. The number of hydrogen-bond donors (Lipinski definition) is 1. The minimum atomic E-state index is 0.683. The maximum absolute atomic E-state index is 9.63. The smallest absolute Gasteiger partial charge is 0.0877 e. The van der Waals surface area contributed by atoms with Gasteiger partial charge in [-0.1, -0.05) is 53.7 Å². The van der Waals surface area contributed by atoms with Gasteiger partial charge in [0.15, 0.2) is 0 Å². The molecule has 0 spiro atoms. The minimum Gasteiger partial charge on any atom is -0.411 e. The van der Waals surface area contributed by atoms with Crippen molar-refractivity contribution in [3.63, 3.8) is 0 Å². The van der Waals surface area contributed by atoms with E-state index in [-0.39, 0.29) is 0 Å². The Balaban J connectivity index is 1.91. The molecule has 0 fully saturated rings. The van der Waals surface area contributed by atoms with E-state index in [1.807, 2.05) is 49.5 Å². The number of hydrogen-bond acceptors (Lipinski definition) is 3. The highest BCUT2D eigenvalue weighted by molar-refractivity contribution is 6.05. The Morgan fingerprint density at radius 3 is 2.52 bits per heavy atom. The summed E-state index contributed by atoms with van der Waals surface area (Å²) >= 11 is 0. The average Bonchev–Trinajstić information content (AvgIpc) is 2.64. The molecule has 0 saturated carbocycles. The van der Waals surface area contributed by atoms with Crippen LogP contribution in [0.5, 0.6) is 0 Å². The minimum absolute atomic E-state index is 0.683. The van der Waals surface area contributed by atoms with Gasteiger partial charge in [0.25, 0.3) is 0 Å². The first-order valence-corrected chi connectivity index (χ1v) is 8.47. The summed E-state index contributed by atoms with van der Waals surface area (Å²) in [7, 11) is 0. The zero-order valence-electron chi connectivity index (χ0n) is 14.6. The van der Waals surface area contributed by atoms with Gasteiger partial charge in [-0.2, -0.15) is 0 Å². The summed E-state index contributed by atoms with van der Waals surface area (Å²) in [5.41, 5.74) is 7.32. The molecule has 0 atom stereocenters. The molecule has 0 amide bonds. The first-order chi connectivity index (χ1) is 12.2. The molecule has 0 aliphatic carbocycles. The van der Waals surface area contributed by atoms with Gasteiger partial charge < -0.3 is 5.21 Å². The lowest BCUT2D eigenvalue weighted by atomic mass is 9.93. The first kappa shape index (κ1) is 16.9. The monoisotopic (exact) mass is 330 g/mol. The molecule has 0 bridgehead atoms. The van der Waals surface area contributed by atoms with Crippen LogP contribution < -0.4 is 0 Å². The summed E-state index contributed by atoms with van der Waals surface area (Å²) in [6.45, 7) is 4.09. The van der Waals surface area contributed by atoms with E-state index in [2.05, 4.69) is 41.3 Å². The van der Waals surface area contributed by atoms with Crippen LogP contribution in [0, 0.1) is 13.8 Å². The fraction of sp³-hybridized carbons (Fsp3) is 0.182. The maximum atomic E-state index is 9.63. The SMILES string of the molecule is Cc1cc(-c2ccccc2/C(CCc2ccccc2C)=N/O)ccn1. The van der Waals surface area contributed by atoms with Crippen molar-refractivity contribution in [1.82, 2.24) is 4.98 Å². The summed E-state index contributed by atoms with van der Waals surface area (Å²) < 4.78 is 0. The van der Waals surface area contributed by atoms with E-state index in [0.717, 1.165) is 28.8 Å². The molecule has 0 unspecified atom stereocenters. The van der Waals surface area contributed by atoms with Crippen molar-refractivity contribution in [2.45, 2.75) is 26.7 Å². The summed E-state index contributed by atoms with van der Waals surface area (Å²) in [5, 5.41) is 13.2. The largest absolute Gasteiger partial charge is 0.411 e. The number of pyridine rings is 1. The molecule has 2 aromatic carbocycles. The molecule has 126 valence electrons. The Morgan fingerprint density at radius 1 is 1.00 bits per heavy atom. The lowest BCUT2D eigenvalue weighted by Gasteiger charge is -2.12. The second-order valence-electron chi connectivity index (χ2n) is 6.20. The maximum Gasteiger partial charge on any atom is 0.0877 e. The van der Waals surface area contributed by atoms with Crippen LogP contribution in [0.1, 0.15) is 28.8 Å². The number of aromatic nitrogens is 1. The summed E-state index contributed by atoms with van der Waals surface area (Å²) in [5.74, 6) is 0. The highest BCUT2D eigenvalue weighted by Gasteiger charge is 2.12. The Kier molecular flexibility index (Phi) is 5.24. The zero-order valence-corrected chi connectivity index (χ0v) is 14.6. The lowest BCUT2D eigenvalue weighted by molar-refractivity contribution is 0.318. The van der Waals surface area contributed by atoms with Crippen molar-refractivity contribution in [2.24, 2.45) is 5.16 Å². The molecule has 3 nitrogen and oxygen atoms in total. The van der Waals surface area contributed by atoms with Crippen LogP contribution in [0.25, 0.3) is 11.1 Å². The molecule has 3 aromatic rings. The van der Waals surface area contributed by atoms with Crippen LogP contribution in [0.3, 0.4) is 0 Å². The molecule has 0 saturated heterocycles. The van der Waals surface area contributed by atoms with Gasteiger partial charge in [-0.15, -0.1) is 0 Å². The molecule has 1 aromatic heterocycles. The predicted molar refractivity (Wildman–Crippen MR) is 102 cm³/mol. The van der Waals surface area contributed by atoms with E-state index in [4.69, 9.17) is 0 Å². The van der Waals surface area contributed by atoms with Crippen LogP contribution in [0.15, 0.2) is 72.0 Å². The van der Waals surface area contributed by atoms with Gasteiger partial charge >= 0.3 is 0 Å². The first-order valence-electron chi connectivity index (χ1n) is 8.47. The van der Waals surface area contributed by atoms with E-state index >= 15 is 0 Å². The van der Waals surface area contributed by atoms with Gasteiger partial charge in [-0.05, 0) is 61.1 Å². The van der Waals surface area contributed by atoms with Crippen molar-refractivity contribution in [3.05, 3.63) is 89.2 Å². The zero-order chi connectivity index (χ0) is 17.6. The normalized spacial score (nSPS) is 11.5. The van der Waals surface area contributed by atoms with Gasteiger partial charge in [0.05, 0.1) is 5.71 Å². The van der Waals surface area contributed by atoms with Gasteiger partial charge in [-0.3, -0.25) is 4.98 Å². The van der Waals surface area contributed by atoms with Gasteiger partial charge in [-0.25, -0.2) is 0 Å². The summed E-state index contributed by atoms with van der Waals surface area (Å²) in [6.07, 6.45) is 3.34. The van der Waals surface area contributed by atoms with Crippen LogP contribution in [0.2, 0.25) is 0 Å². The third-order valence-corrected chi connectivity index (χ3v) is 4.46. The molecular formula is C22H22N2O. The number of nitrogens with zero attached hydrogens (tertiary/aromatic N) is 2. The van der Waals surface area contributed by atoms with E-state index in [9.17, 15) is 5.21 Å². The second kappa shape index (κ2) is 7.75. The number of aryl methyl sites for hydroxylation is 3. The molecule has 1 heterocycles. The van der Waals surface area contributed by atoms with Crippen LogP contribution >= 0.6 is 0 Å². The number of benzene rings is 2. The van der Waals surface area contributed by atoms with Gasteiger partial charge in [0, 0.05) is 17.5 Å². The van der Waals surface area contributed by atoms with Crippen molar-refractivity contribution in [1.29, 1.82) is 0 Å². The molecule has 25 heavy (non-hydrogen) atoms. The Hall–Kier alpha value is -2.94. The third-order valence-electron chi connectivity index (χ3n) is 4.46. The summed E-state index contributed by atoms with van der Waals surface area (Å²) in [4.78, 5) is 4.27. The molecule has 0 radical (unpaired) electrons. The average molecular weight is 330 g/mol. The Bertz CT molecular complexity index is 900. The number of rotatable bonds is 5. The van der Waals surface area contributed by atoms with E-state index in [1.165, 1.54) is 11.1 Å². The molecule has 0 aliphatic heterocycles. The van der Waals surface area contributed by atoms with Gasteiger partial charge in [0.1, 0.15) is 0 Å². The van der Waals surface area contributed by atoms with Crippen molar-refractivity contribution in [2.75, 3.05) is 0 Å².